The number of aryl methyl sites for hydroxylation is 1. The second-order valence-corrected chi connectivity index (χ2v) is 7.69. The van der Waals surface area contributed by atoms with E-state index >= 15 is 0 Å². The molecule has 0 aliphatic rings. The van der Waals surface area contributed by atoms with Crippen LogP contribution < -0.4 is 0 Å². The smallest absolute Gasteiger partial charge is 0.318 e. The Balaban J connectivity index is 1.91. The van der Waals surface area contributed by atoms with E-state index in [1.807, 2.05) is 42.5 Å². The molecule has 0 bridgehead atoms. The fourth-order valence-corrected chi connectivity index (χ4v) is 3.62. The van der Waals surface area contributed by atoms with Crippen LogP contribution in [0, 0.1) is 17.0 Å². The van der Waals surface area contributed by atoms with Crippen LogP contribution in [0.1, 0.15) is 28.4 Å². The molecule has 0 saturated heterocycles. The Morgan fingerprint density at radius 2 is 1.61 bits per heavy atom. The number of nitro benzene ring substituents is 1. The van der Waals surface area contributed by atoms with Crippen LogP contribution in [0.3, 0.4) is 0 Å². The van der Waals surface area contributed by atoms with Crippen molar-refractivity contribution in [3.8, 4) is 0 Å². The zero-order valence-corrected chi connectivity index (χ0v) is 17.6. The number of carbonyl (C=O) groups excluding carboxylic acids is 2. The highest BCUT2D eigenvalue weighted by atomic mass is 32.2. The van der Waals surface area contributed by atoms with E-state index in [-0.39, 0.29) is 11.4 Å². The van der Waals surface area contributed by atoms with E-state index in [1.54, 1.807) is 30.8 Å². The zero-order chi connectivity index (χ0) is 22.4. The van der Waals surface area contributed by atoms with Crippen LogP contribution in [0.25, 0.3) is 0 Å². The summed E-state index contributed by atoms with van der Waals surface area (Å²) >= 11 is 1.56. The Morgan fingerprint density at radius 1 is 0.968 bits per heavy atom. The minimum atomic E-state index is -0.681. The molecule has 3 aromatic carbocycles. The summed E-state index contributed by atoms with van der Waals surface area (Å²) < 4.78 is 0. The molecule has 0 heterocycles. The van der Waals surface area contributed by atoms with Crippen molar-refractivity contribution >= 4 is 34.9 Å². The van der Waals surface area contributed by atoms with E-state index in [0.717, 1.165) is 9.79 Å². The predicted octanol–water partition coefficient (Wildman–Crippen LogP) is 5.20. The molecule has 0 atom stereocenters. The minimum Gasteiger partial charge on any atom is -0.318 e. The van der Waals surface area contributed by atoms with Crippen molar-refractivity contribution in [1.29, 1.82) is 0 Å². The first-order chi connectivity index (χ1) is 14.8. The molecule has 0 N–H and O–H groups in total. The molecule has 7 nitrogen and oxygen atoms in total. The lowest BCUT2D eigenvalue weighted by Gasteiger charge is -2.09. The number of non-ortho nitro benzene ring substituents is 1. The van der Waals surface area contributed by atoms with Gasteiger partial charge in [-0.1, -0.05) is 35.1 Å². The van der Waals surface area contributed by atoms with Gasteiger partial charge in [-0.2, -0.15) is 0 Å². The number of hydrogen-bond donors (Lipinski definition) is 0. The van der Waals surface area contributed by atoms with E-state index in [0.29, 0.717) is 16.7 Å². The number of ketones is 1. The summed E-state index contributed by atoms with van der Waals surface area (Å²) in [6.07, 6.45) is 0. The topological polar surface area (TPSA) is 98.9 Å². The van der Waals surface area contributed by atoms with E-state index in [2.05, 4.69) is 5.16 Å². The fraction of sp³-hybridized carbons (Fsp3) is 0.0870. The normalized spacial score (nSPS) is 11.1. The number of rotatable bonds is 7. The van der Waals surface area contributed by atoms with Crippen molar-refractivity contribution in [2.75, 3.05) is 0 Å². The van der Waals surface area contributed by atoms with Gasteiger partial charge in [-0.25, -0.2) is 4.79 Å². The molecule has 0 saturated carbocycles. The second kappa shape index (κ2) is 9.82. The highest BCUT2D eigenvalue weighted by Gasteiger charge is 2.21. The molecule has 0 amide bonds. The maximum Gasteiger partial charge on any atom is 0.332 e. The molecule has 31 heavy (non-hydrogen) atoms. The first kappa shape index (κ1) is 21.9. The average molecular weight is 434 g/mol. The Kier molecular flexibility index (Phi) is 6.94. The largest absolute Gasteiger partial charge is 0.332 e. The van der Waals surface area contributed by atoms with Gasteiger partial charge < -0.3 is 4.84 Å². The van der Waals surface area contributed by atoms with E-state index in [1.165, 1.54) is 25.1 Å². The van der Waals surface area contributed by atoms with Crippen LogP contribution in [0.4, 0.5) is 5.69 Å². The third kappa shape index (κ3) is 5.64. The summed E-state index contributed by atoms with van der Waals surface area (Å²) in [7, 11) is 0. The molecule has 156 valence electrons. The van der Waals surface area contributed by atoms with Gasteiger partial charge in [0.2, 0.25) is 5.78 Å². The van der Waals surface area contributed by atoms with E-state index in [9.17, 15) is 19.7 Å². The van der Waals surface area contributed by atoms with Crippen molar-refractivity contribution in [2.24, 2.45) is 5.16 Å². The van der Waals surface area contributed by atoms with Crippen LogP contribution in [0.2, 0.25) is 0 Å². The third-order valence-corrected chi connectivity index (χ3v) is 5.27. The van der Waals surface area contributed by atoms with Crippen LogP contribution in [-0.4, -0.2) is 22.4 Å². The van der Waals surface area contributed by atoms with Gasteiger partial charge in [0.15, 0.2) is 5.71 Å². The van der Waals surface area contributed by atoms with Gasteiger partial charge in [0, 0.05) is 40.0 Å². The molecule has 0 aromatic heterocycles. The summed E-state index contributed by atoms with van der Waals surface area (Å²) in [4.78, 5) is 41.6. The van der Waals surface area contributed by atoms with Crippen LogP contribution in [0.5, 0.6) is 0 Å². The Labute approximate surface area is 182 Å². The lowest BCUT2D eigenvalue weighted by atomic mass is 9.97. The summed E-state index contributed by atoms with van der Waals surface area (Å²) in [5.74, 6) is -1.14. The predicted molar refractivity (Wildman–Crippen MR) is 117 cm³/mol. The van der Waals surface area contributed by atoms with E-state index < -0.39 is 16.7 Å². The van der Waals surface area contributed by atoms with Crippen molar-refractivity contribution in [3.05, 3.63) is 99.6 Å². The van der Waals surface area contributed by atoms with Gasteiger partial charge in [-0.15, -0.1) is 0 Å². The number of hydrogen-bond acceptors (Lipinski definition) is 7. The summed E-state index contributed by atoms with van der Waals surface area (Å²) in [6, 6.07) is 20.8. The van der Waals surface area contributed by atoms with Gasteiger partial charge in [0.1, 0.15) is 0 Å². The quantitative estimate of drug-likeness (QED) is 0.167. The maximum absolute atomic E-state index is 13.1. The molecule has 0 radical (unpaired) electrons. The lowest BCUT2D eigenvalue weighted by molar-refractivity contribution is -0.384. The SMILES string of the molecule is CC(=O)O/N=C(/C(=O)c1ccc(Sc2ccccc2)cc1)c1ccc([N+](=O)[O-])cc1C. The maximum atomic E-state index is 13.1. The minimum absolute atomic E-state index is 0.105. The standard InChI is InChI=1S/C23H18N2O5S/c1-15-14-18(25(28)29)10-13-21(15)22(24-30-16(2)26)23(27)17-8-11-20(12-9-17)31-19-6-4-3-5-7-19/h3-14H,1-2H3/b24-22+. The Bertz CT molecular complexity index is 1160. The third-order valence-electron chi connectivity index (χ3n) is 4.25. The van der Waals surface area contributed by atoms with Crippen LogP contribution in [-0.2, 0) is 9.63 Å². The molecule has 3 rings (SSSR count). The van der Waals surface area contributed by atoms with Gasteiger partial charge in [0.05, 0.1) is 4.92 Å². The second-order valence-electron chi connectivity index (χ2n) is 6.55. The Hall–Kier alpha value is -3.78. The number of Topliss-reactive ketones (excluding diaryl/α,β-unsaturated/α-hetero) is 1. The molecule has 0 unspecified atom stereocenters. The molecular formula is C23H18N2O5S. The summed E-state index contributed by atoms with van der Waals surface area (Å²) in [5, 5.41) is 14.7. The van der Waals surface area contributed by atoms with Crippen molar-refractivity contribution < 1.29 is 19.3 Å². The fourth-order valence-electron chi connectivity index (χ4n) is 2.79. The molecule has 0 aliphatic heterocycles. The van der Waals surface area contributed by atoms with Crippen LogP contribution >= 0.6 is 11.8 Å². The average Bonchev–Trinajstić information content (AvgIpc) is 2.75. The van der Waals surface area contributed by atoms with Crippen LogP contribution in [0.15, 0.2) is 87.7 Å². The van der Waals surface area contributed by atoms with Gasteiger partial charge in [-0.3, -0.25) is 14.9 Å². The van der Waals surface area contributed by atoms with E-state index in [4.69, 9.17) is 4.84 Å². The highest BCUT2D eigenvalue weighted by molar-refractivity contribution is 7.99. The first-order valence-electron chi connectivity index (χ1n) is 9.24. The van der Waals surface area contributed by atoms with Crippen molar-refractivity contribution in [2.45, 2.75) is 23.6 Å². The van der Waals surface area contributed by atoms with Gasteiger partial charge >= 0.3 is 5.97 Å². The molecule has 0 fully saturated rings. The number of nitro groups is 1. The molecule has 3 aromatic rings. The highest BCUT2D eigenvalue weighted by Crippen LogP contribution is 2.28. The first-order valence-corrected chi connectivity index (χ1v) is 10.1. The van der Waals surface area contributed by atoms with Crippen molar-refractivity contribution in [3.63, 3.8) is 0 Å². The lowest BCUT2D eigenvalue weighted by Crippen LogP contribution is -2.18. The molecule has 0 aliphatic carbocycles. The number of nitrogens with zero attached hydrogens (tertiary/aromatic N) is 2. The van der Waals surface area contributed by atoms with Gasteiger partial charge in [0.25, 0.3) is 5.69 Å². The number of benzene rings is 3. The summed E-state index contributed by atoms with van der Waals surface area (Å²) in [5.41, 5.74) is 0.944. The number of carbonyl (C=O) groups is 2. The zero-order valence-electron chi connectivity index (χ0n) is 16.8. The monoisotopic (exact) mass is 434 g/mol. The molecule has 8 heteroatoms. The van der Waals surface area contributed by atoms with Crippen molar-refractivity contribution in [1.82, 2.24) is 0 Å². The molecule has 0 spiro atoms. The molecular weight excluding hydrogens is 416 g/mol. The Morgan fingerprint density at radius 3 is 2.19 bits per heavy atom. The number of oxime groups is 1. The summed E-state index contributed by atoms with van der Waals surface area (Å²) in [6.45, 7) is 2.79. The van der Waals surface area contributed by atoms with Gasteiger partial charge in [-0.05, 0) is 55.0 Å².